The first kappa shape index (κ1) is 20.2. The summed E-state index contributed by atoms with van der Waals surface area (Å²) in [4.78, 5) is 12.6. The van der Waals surface area contributed by atoms with Crippen LogP contribution in [0.4, 0.5) is 0 Å². The van der Waals surface area contributed by atoms with Gasteiger partial charge in [0, 0.05) is 35.1 Å². The zero-order chi connectivity index (χ0) is 19.9. The molecule has 6 nitrogen and oxygen atoms in total. The van der Waals surface area contributed by atoms with Crippen LogP contribution in [-0.4, -0.2) is 27.2 Å². The molecule has 146 valence electrons. The standard InChI is InChI=1S/C20H20Cl2N4O2/c1-2-26-13-24-25-19(26)9-10-23-20(27)16-5-3-4-6-18(16)28-12-14-7-8-15(21)11-17(14)22/h3-8,11,13H,2,9-10,12H2,1H3,(H,23,27). The Morgan fingerprint density at radius 1 is 1.21 bits per heavy atom. The van der Waals surface area contributed by atoms with Gasteiger partial charge in [-0.25, -0.2) is 0 Å². The quantitative estimate of drug-likeness (QED) is 0.596. The monoisotopic (exact) mass is 418 g/mol. The predicted octanol–water partition coefficient (Wildman–Crippen LogP) is 4.16. The number of nitrogens with zero attached hydrogens (tertiary/aromatic N) is 3. The van der Waals surface area contributed by atoms with Crippen LogP contribution >= 0.6 is 23.2 Å². The number of ether oxygens (including phenoxy) is 1. The SMILES string of the molecule is CCn1cnnc1CCNC(=O)c1ccccc1OCc1ccc(Cl)cc1Cl. The number of benzene rings is 2. The van der Waals surface area contributed by atoms with Gasteiger partial charge >= 0.3 is 0 Å². The van der Waals surface area contributed by atoms with E-state index in [1.807, 2.05) is 17.6 Å². The van der Waals surface area contributed by atoms with Gasteiger partial charge in [-0.15, -0.1) is 10.2 Å². The Kier molecular flexibility index (Phi) is 6.90. The van der Waals surface area contributed by atoms with Crippen LogP contribution in [0.2, 0.25) is 10.0 Å². The number of aryl methyl sites for hydroxylation is 1. The van der Waals surface area contributed by atoms with E-state index >= 15 is 0 Å². The van der Waals surface area contributed by atoms with Crippen LogP contribution in [-0.2, 0) is 19.6 Å². The van der Waals surface area contributed by atoms with Crippen molar-refractivity contribution in [3.8, 4) is 5.75 Å². The van der Waals surface area contributed by atoms with Gasteiger partial charge in [-0.1, -0.05) is 41.4 Å². The van der Waals surface area contributed by atoms with Crippen molar-refractivity contribution in [3.05, 3.63) is 75.8 Å². The summed E-state index contributed by atoms with van der Waals surface area (Å²) in [6.07, 6.45) is 2.28. The van der Waals surface area contributed by atoms with Crippen molar-refractivity contribution in [2.75, 3.05) is 6.54 Å². The van der Waals surface area contributed by atoms with Crippen molar-refractivity contribution in [3.63, 3.8) is 0 Å². The van der Waals surface area contributed by atoms with E-state index in [1.54, 1.807) is 42.7 Å². The van der Waals surface area contributed by atoms with Crippen molar-refractivity contribution in [1.82, 2.24) is 20.1 Å². The highest BCUT2D eigenvalue weighted by Crippen LogP contribution is 2.24. The van der Waals surface area contributed by atoms with E-state index in [2.05, 4.69) is 15.5 Å². The van der Waals surface area contributed by atoms with Crippen LogP contribution in [0.5, 0.6) is 5.75 Å². The second-order valence-corrected chi connectivity index (χ2v) is 6.90. The Hall–Kier alpha value is -2.57. The maximum absolute atomic E-state index is 12.6. The summed E-state index contributed by atoms with van der Waals surface area (Å²) in [5.74, 6) is 1.12. The third-order valence-electron chi connectivity index (χ3n) is 4.20. The van der Waals surface area contributed by atoms with Crippen LogP contribution in [0.3, 0.4) is 0 Å². The molecule has 0 aliphatic carbocycles. The molecule has 1 amide bonds. The molecular weight excluding hydrogens is 399 g/mol. The van der Waals surface area contributed by atoms with Crippen LogP contribution in [0.25, 0.3) is 0 Å². The average Bonchev–Trinajstić information content (AvgIpc) is 3.15. The van der Waals surface area contributed by atoms with Gasteiger partial charge in [0.25, 0.3) is 5.91 Å². The molecule has 0 radical (unpaired) electrons. The lowest BCUT2D eigenvalue weighted by Crippen LogP contribution is -2.27. The molecule has 28 heavy (non-hydrogen) atoms. The number of nitrogens with one attached hydrogen (secondary N) is 1. The van der Waals surface area contributed by atoms with Crippen LogP contribution < -0.4 is 10.1 Å². The van der Waals surface area contributed by atoms with Gasteiger partial charge < -0.3 is 14.6 Å². The molecule has 1 N–H and O–H groups in total. The summed E-state index contributed by atoms with van der Waals surface area (Å²) in [5, 5.41) is 11.9. The first-order chi connectivity index (χ1) is 13.6. The Labute approximate surface area is 173 Å². The Bertz CT molecular complexity index is 959. The van der Waals surface area contributed by atoms with Crippen LogP contribution in [0, 0.1) is 0 Å². The minimum atomic E-state index is -0.208. The van der Waals surface area contributed by atoms with E-state index in [9.17, 15) is 4.79 Å². The molecule has 0 aliphatic rings. The van der Waals surface area contributed by atoms with E-state index in [-0.39, 0.29) is 12.5 Å². The fraction of sp³-hybridized carbons (Fsp3) is 0.250. The number of rotatable bonds is 8. The van der Waals surface area contributed by atoms with Crippen molar-refractivity contribution in [1.29, 1.82) is 0 Å². The van der Waals surface area contributed by atoms with Crippen molar-refractivity contribution < 1.29 is 9.53 Å². The molecule has 0 saturated heterocycles. The average molecular weight is 419 g/mol. The lowest BCUT2D eigenvalue weighted by atomic mass is 10.2. The van der Waals surface area contributed by atoms with Gasteiger partial charge in [-0.3, -0.25) is 4.79 Å². The normalized spacial score (nSPS) is 10.7. The van der Waals surface area contributed by atoms with Gasteiger partial charge in [-0.2, -0.15) is 0 Å². The zero-order valence-corrected chi connectivity index (χ0v) is 16.9. The highest BCUT2D eigenvalue weighted by Gasteiger charge is 2.13. The molecule has 0 saturated carbocycles. The summed E-state index contributed by atoms with van der Waals surface area (Å²) in [7, 11) is 0. The summed E-state index contributed by atoms with van der Waals surface area (Å²) in [5.41, 5.74) is 1.25. The van der Waals surface area contributed by atoms with E-state index in [1.165, 1.54) is 0 Å². The van der Waals surface area contributed by atoms with Gasteiger partial charge in [0.1, 0.15) is 24.5 Å². The Morgan fingerprint density at radius 3 is 2.82 bits per heavy atom. The number of aromatic nitrogens is 3. The number of carbonyl (C=O) groups is 1. The zero-order valence-electron chi connectivity index (χ0n) is 15.4. The molecule has 0 atom stereocenters. The largest absolute Gasteiger partial charge is 0.488 e. The third-order valence-corrected chi connectivity index (χ3v) is 4.79. The highest BCUT2D eigenvalue weighted by atomic mass is 35.5. The fourth-order valence-electron chi connectivity index (χ4n) is 2.69. The molecule has 2 aromatic carbocycles. The fourth-order valence-corrected chi connectivity index (χ4v) is 3.16. The molecular formula is C20H20Cl2N4O2. The number of hydrogen-bond acceptors (Lipinski definition) is 4. The Balaban J connectivity index is 1.61. The number of carbonyl (C=O) groups excluding carboxylic acids is 1. The van der Waals surface area contributed by atoms with Crippen molar-refractivity contribution in [2.24, 2.45) is 0 Å². The first-order valence-electron chi connectivity index (χ1n) is 8.89. The summed E-state index contributed by atoms with van der Waals surface area (Å²) in [6.45, 7) is 3.50. The number of amides is 1. The lowest BCUT2D eigenvalue weighted by Gasteiger charge is -2.12. The second kappa shape index (κ2) is 9.57. The maximum atomic E-state index is 12.6. The highest BCUT2D eigenvalue weighted by molar-refractivity contribution is 6.35. The topological polar surface area (TPSA) is 69.0 Å². The van der Waals surface area contributed by atoms with E-state index in [0.717, 1.165) is 17.9 Å². The molecule has 1 heterocycles. The summed E-state index contributed by atoms with van der Waals surface area (Å²) < 4.78 is 7.78. The molecule has 3 rings (SSSR count). The second-order valence-electron chi connectivity index (χ2n) is 6.06. The maximum Gasteiger partial charge on any atom is 0.255 e. The van der Waals surface area contributed by atoms with Crippen LogP contribution in [0.15, 0.2) is 48.8 Å². The molecule has 0 unspecified atom stereocenters. The number of halogens is 2. The van der Waals surface area contributed by atoms with E-state index in [0.29, 0.717) is 34.3 Å². The van der Waals surface area contributed by atoms with Gasteiger partial charge in [0.15, 0.2) is 0 Å². The lowest BCUT2D eigenvalue weighted by molar-refractivity contribution is 0.0949. The molecule has 0 spiro atoms. The molecule has 1 aromatic heterocycles. The molecule has 0 aliphatic heterocycles. The third kappa shape index (κ3) is 5.03. The molecule has 8 heteroatoms. The Morgan fingerprint density at radius 2 is 2.04 bits per heavy atom. The first-order valence-corrected chi connectivity index (χ1v) is 9.64. The van der Waals surface area contributed by atoms with Crippen molar-refractivity contribution >= 4 is 29.1 Å². The minimum Gasteiger partial charge on any atom is -0.488 e. The van der Waals surface area contributed by atoms with Crippen molar-refractivity contribution in [2.45, 2.75) is 26.5 Å². The number of hydrogen-bond donors (Lipinski definition) is 1. The molecule has 3 aromatic rings. The smallest absolute Gasteiger partial charge is 0.255 e. The van der Waals surface area contributed by atoms with E-state index in [4.69, 9.17) is 27.9 Å². The number of para-hydroxylation sites is 1. The van der Waals surface area contributed by atoms with Gasteiger partial charge in [0.05, 0.1) is 5.56 Å². The molecule has 0 bridgehead atoms. The van der Waals surface area contributed by atoms with Gasteiger partial charge in [0.2, 0.25) is 0 Å². The van der Waals surface area contributed by atoms with Crippen LogP contribution in [0.1, 0.15) is 28.7 Å². The summed E-state index contributed by atoms with van der Waals surface area (Å²) >= 11 is 12.1. The summed E-state index contributed by atoms with van der Waals surface area (Å²) in [6, 6.07) is 12.3. The molecule has 0 fully saturated rings. The van der Waals surface area contributed by atoms with Gasteiger partial charge in [-0.05, 0) is 31.2 Å². The minimum absolute atomic E-state index is 0.208. The van der Waals surface area contributed by atoms with E-state index < -0.39 is 0 Å². The predicted molar refractivity (Wildman–Crippen MR) is 109 cm³/mol.